The van der Waals surface area contributed by atoms with E-state index in [1.54, 1.807) is 18.2 Å². The molecule has 0 saturated carbocycles. The molecule has 45 heavy (non-hydrogen) atoms. The van der Waals surface area contributed by atoms with Gasteiger partial charge < -0.3 is 24.6 Å². The van der Waals surface area contributed by atoms with Crippen LogP contribution in [-0.4, -0.2) is 101 Å². The summed E-state index contributed by atoms with van der Waals surface area (Å²) < 4.78 is 26.2. The van der Waals surface area contributed by atoms with Crippen LogP contribution in [0.4, 0.5) is 21.7 Å². The van der Waals surface area contributed by atoms with Crippen LogP contribution < -0.4 is 15.0 Å². The molecule has 6 rings (SSSR count). The number of nitriles is 2. The molecule has 0 radical (unpaired) electrons. The van der Waals surface area contributed by atoms with Gasteiger partial charge in [-0.25, -0.2) is 14.4 Å². The van der Waals surface area contributed by atoms with Crippen molar-refractivity contribution in [1.82, 2.24) is 24.8 Å². The zero-order valence-corrected chi connectivity index (χ0v) is 25.0. The highest BCUT2D eigenvalue weighted by atomic mass is 19.1. The van der Waals surface area contributed by atoms with E-state index in [2.05, 4.69) is 48.3 Å². The van der Waals surface area contributed by atoms with Gasteiger partial charge in [0.25, 0.3) is 0 Å². The van der Waals surface area contributed by atoms with Crippen molar-refractivity contribution in [2.45, 2.75) is 31.7 Å². The monoisotopic (exact) mass is 611 g/mol. The van der Waals surface area contributed by atoms with Crippen LogP contribution in [0.25, 0.3) is 11.4 Å². The number of carbonyl (C=O) groups is 1. The van der Waals surface area contributed by atoms with Gasteiger partial charge in [-0.1, -0.05) is 0 Å². The molecule has 3 atom stereocenters. The number of hydrogen-bond acceptors (Lipinski definition) is 11. The summed E-state index contributed by atoms with van der Waals surface area (Å²) in [6, 6.07) is 17.6. The van der Waals surface area contributed by atoms with Crippen LogP contribution in [0, 0.1) is 28.6 Å². The molecule has 4 heterocycles. The number of benzene rings is 2. The van der Waals surface area contributed by atoms with Crippen molar-refractivity contribution < 1.29 is 18.7 Å². The fourth-order valence-corrected chi connectivity index (χ4v) is 5.73. The maximum Gasteiger partial charge on any atom is 0.239 e. The topological polar surface area (TPSA) is 144 Å². The number of hydrogen-bond donors (Lipinski definition) is 1. The van der Waals surface area contributed by atoms with Crippen LogP contribution in [0.5, 0.6) is 5.75 Å². The van der Waals surface area contributed by atoms with E-state index in [9.17, 15) is 14.4 Å². The Morgan fingerprint density at radius 2 is 1.87 bits per heavy atom. The minimum atomic E-state index is -1.45. The molecule has 1 unspecified atom stereocenters. The van der Waals surface area contributed by atoms with Crippen molar-refractivity contribution >= 4 is 23.2 Å². The Kier molecular flexibility index (Phi) is 9.01. The van der Waals surface area contributed by atoms with E-state index in [1.807, 2.05) is 18.2 Å². The summed E-state index contributed by atoms with van der Waals surface area (Å²) in [5.74, 6) is -0.263. The van der Waals surface area contributed by atoms with Gasteiger partial charge in [0, 0.05) is 56.1 Å². The van der Waals surface area contributed by atoms with Gasteiger partial charge >= 0.3 is 0 Å². The molecule has 2 aromatic carbocycles. The van der Waals surface area contributed by atoms with Gasteiger partial charge in [0.2, 0.25) is 11.9 Å². The van der Waals surface area contributed by atoms with Gasteiger partial charge in [0.05, 0.1) is 37.4 Å². The first kappa shape index (κ1) is 30.2. The van der Waals surface area contributed by atoms with Gasteiger partial charge in [-0.2, -0.15) is 15.5 Å². The van der Waals surface area contributed by atoms with E-state index < -0.39 is 24.1 Å². The first-order valence-corrected chi connectivity index (χ1v) is 15.1. The lowest BCUT2D eigenvalue weighted by Crippen LogP contribution is -2.56. The highest BCUT2D eigenvalue weighted by Crippen LogP contribution is 2.29. The molecular formula is C32H34FN9O3. The molecule has 3 aliphatic heterocycles. The molecule has 1 aromatic heterocycles. The molecule has 232 valence electrons. The normalized spacial score (nSPS) is 21.2. The summed E-state index contributed by atoms with van der Waals surface area (Å²) in [5.41, 5.74) is 2.79. The number of piperazine rings is 1. The van der Waals surface area contributed by atoms with Crippen LogP contribution in [0.1, 0.15) is 18.9 Å². The molecule has 0 bridgehead atoms. The molecule has 3 aliphatic rings. The van der Waals surface area contributed by atoms with Gasteiger partial charge in [-0.15, -0.1) is 0 Å². The van der Waals surface area contributed by atoms with Crippen molar-refractivity contribution in [3.05, 3.63) is 54.4 Å². The minimum Gasteiger partial charge on any atom is -0.486 e. The second-order valence-corrected chi connectivity index (χ2v) is 11.4. The number of ether oxygens (including phenoxy) is 2. The maximum absolute atomic E-state index is 15.0. The van der Waals surface area contributed by atoms with Gasteiger partial charge in [-0.05, 0) is 49.4 Å². The number of nitrogens with zero attached hydrogens (tertiary/aromatic N) is 8. The Morgan fingerprint density at radius 3 is 2.53 bits per heavy atom. The number of halogens is 1. The molecule has 0 aliphatic carbocycles. The van der Waals surface area contributed by atoms with Crippen LogP contribution in [0.2, 0.25) is 0 Å². The van der Waals surface area contributed by atoms with Crippen molar-refractivity contribution in [2.75, 3.05) is 62.7 Å². The average molecular weight is 612 g/mol. The predicted molar refractivity (Wildman–Crippen MR) is 163 cm³/mol. The summed E-state index contributed by atoms with van der Waals surface area (Å²) >= 11 is 0. The summed E-state index contributed by atoms with van der Waals surface area (Å²) in [6.07, 6.45) is -0.633. The van der Waals surface area contributed by atoms with Crippen LogP contribution in [-0.2, 0) is 9.53 Å². The van der Waals surface area contributed by atoms with E-state index in [0.717, 1.165) is 45.1 Å². The molecular weight excluding hydrogens is 577 g/mol. The zero-order chi connectivity index (χ0) is 31.3. The lowest BCUT2D eigenvalue weighted by molar-refractivity contribution is -0.137. The molecule has 13 heteroatoms. The molecule has 1 N–H and O–H groups in total. The Hall–Kier alpha value is -4.85. The first-order valence-electron chi connectivity index (χ1n) is 15.1. The first-order chi connectivity index (χ1) is 21.9. The standard InChI is InChI=1S/C32H34FN9O3/c1-21(15-34)31(43)42-9-8-29(27(33)17-42)45-28-7-2-22(14-23(28)16-35)30-36-20-37-32(39-30)38-24-3-5-25(6-4-24)40-10-12-41(13-11-40)26-18-44-19-26/h2-7,14,20-21,26-27,29H,8-13,17-19H2,1H3,(H,36,37,38,39)/t21?,27-,29-/m0/s1. The van der Waals surface area contributed by atoms with Crippen molar-refractivity contribution in [1.29, 1.82) is 10.5 Å². The fraction of sp³-hybridized carbons (Fsp3) is 0.438. The van der Waals surface area contributed by atoms with E-state index in [0.29, 0.717) is 23.4 Å². The number of carbonyl (C=O) groups excluding carboxylic acids is 1. The number of alkyl halides is 1. The summed E-state index contributed by atoms with van der Waals surface area (Å²) in [7, 11) is 0. The Balaban J connectivity index is 1.07. The van der Waals surface area contributed by atoms with Crippen LogP contribution in [0.15, 0.2) is 48.8 Å². The van der Waals surface area contributed by atoms with Crippen molar-refractivity contribution in [3.63, 3.8) is 0 Å². The molecule has 0 spiro atoms. The van der Waals surface area contributed by atoms with E-state index in [4.69, 9.17) is 14.7 Å². The van der Waals surface area contributed by atoms with E-state index in [-0.39, 0.29) is 30.8 Å². The third-order valence-corrected chi connectivity index (χ3v) is 8.51. The second-order valence-electron chi connectivity index (χ2n) is 11.4. The van der Waals surface area contributed by atoms with E-state index in [1.165, 1.54) is 23.8 Å². The fourth-order valence-electron chi connectivity index (χ4n) is 5.73. The largest absolute Gasteiger partial charge is 0.486 e. The number of nitrogens with one attached hydrogen (secondary N) is 1. The number of amides is 1. The summed E-state index contributed by atoms with van der Waals surface area (Å²) in [6.45, 7) is 7.31. The van der Waals surface area contributed by atoms with Crippen molar-refractivity contribution in [3.8, 4) is 29.3 Å². The SMILES string of the molecule is CC(C#N)C(=O)N1CC[C@H](Oc2ccc(-c3ncnc(Nc4ccc(N5CCN(C6COC6)CC5)cc4)n3)cc2C#N)[C@@H](F)C1. The molecule has 1 amide bonds. The number of rotatable bonds is 8. The number of aromatic nitrogens is 3. The lowest BCUT2D eigenvalue weighted by Gasteiger charge is -2.43. The highest BCUT2D eigenvalue weighted by Gasteiger charge is 2.35. The third-order valence-electron chi connectivity index (χ3n) is 8.51. The zero-order valence-electron chi connectivity index (χ0n) is 25.0. The Bertz CT molecular complexity index is 1600. The summed E-state index contributed by atoms with van der Waals surface area (Å²) in [5, 5.41) is 22.0. The van der Waals surface area contributed by atoms with Gasteiger partial charge in [0.15, 0.2) is 12.0 Å². The quantitative estimate of drug-likeness (QED) is 0.401. The number of anilines is 3. The minimum absolute atomic E-state index is 0.160. The highest BCUT2D eigenvalue weighted by molar-refractivity contribution is 5.81. The molecule has 3 fully saturated rings. The van der Waals surface area contributed by atoms with Crippen LogP contribution in [0.3, 0.4) is 0 Å². The molecule has 12 nitrogen and oxygen atoms in total. The lowest BCUT2D eigenvalue weighted by atomic mass is 10.0. The maximum atomic E-state index is 15.0. The average Bonchev–Trinajstić information content (AvgIpc) is 3.05. The van der Waals surface area contributed by atoms with Gasteiger partial charge in [-0.3, -0.25) is 9.69 Å². The van der Waals surface area contributed by atoms with Crippen LogP contribution >= 0.6 is 0 Å². The number of likely N-dealkylation sites (tertiary alicyclic amines) is 1. The Morgan fingerprint density at radius 1 is 1.09 bits per heavy atom. The smallest absolute Gasteiger partial charge is 0.239 e. The van der Waals surface area contributed by atoms with Gasteiger partial charge in [0.1, 0.15) is 30.2 Å². The molecule has 3 aromatic rings. The van der Waals surface area contributed by atoms with E-state index >= 15 is 0 Å². The Labute approximate surface area is 261 Å². The molecule has 3 saturated heterocycles. The van der Waals surface area contributed by atoms with Crippen molar-refractivity contribution in [2.24, 2.45) is 5.92 Å². The third kappa shape index (κ3) is 6.80. The predicted octanol–water partition coefficient (Wildman–Crippen LogP) is 3.15. The number of piperidine rings is 1. The summed E-state index contributed by atoms with van der Waals surface area (Å²) in [4.78, 5) is 31.6. The second kappa shape index (κ2) is 13.4.